The number of likely N-dealkylation sites (N-methyl/N-ethyl adjacent to an activating group) is 1. The highest BCUT2D eigenvalue weighted by Gasteiger charge is 2.40. The van der Waals surface area contributed by atoms with Gasteiger partial charge in [-0.3, -0.25) is 4.68 Å². The number of nitrogens with zero attached hydrogens (tertiary/aromatic N) is 3. The SMILES string of the molecule is CN(C)C1(C(N)c2ccnn2C)CCCCCC1. The minimum absolute atomic E-state index is 0.0399. The summed E-state index contributed by atoms with van der Waals surface area (Å²) in [5.41, 5.74) is 7.85. The number of rotatable bonds is 3. The molecule has 0 aromatic carbocycles. The standard InChI is InChI=1S/C14H26N4/c1-17(2)14(9-6-4-5-7-10-14)13(15)12-8-11-16-18(12)3/h8,11,13H,4-7,9-10,15H2,1-3H3. The summed E-state index contributed by atoms with van der Waals surface area (Å²) in [6.45, 7) is 0. The Hall–Kier alpha value is -0.870. The van der Waals surface area contributed by atoms with E-state index in [-0.39, 0.29) is 11.6 Å². The van der Waals surface area contributed by atoms with Crippen LogP contribution in [0, 0.1) is 0 Å². The van der Waals surface area contributed by atoms with Gasteiger partial charge in [-0.1, -0.05) is 25.7 Å². The third-order valence-corrected chi connectivity index (χ3v) is 4.62. The van der Waals surface area contributed by atoms with Crippen molar-refractivity contribution in [3.8, 4) is 0 Å². The molecule has 1 aromatic rings. The van der Waals surface area contributed by atoms with Crippen LogP contribution in [0.2, 0.25) is 0 Å². The highest BCUT2D eigenvalue weighted by molar-refractivity contribution is 5.14. The van der Waals surface area contributed by atoms with Crippen molar-refractivity contribution >= 4 is 0 Å². The molecule has 1 fully saturated rings. The molecule has 102 valence electrons. The van der Waals surface area contributed by atoms with Gasteiger partial charge in [0.25, 0.3) is 0 Å². The first-order valence-corrected chi connectivity index (χ1v) is 6.99. The van der Waals surface area contributed by atoms with E-state index in [0.29, 0.717) is 0 Å². The summed E-state index contributed by atoms with van der Waals surface area (Å²) >= 11 is 0. The second-order valence-electron chi connectivity index (χ2n) is 5.77. The maximum absolute atomic E-state index is 6.62. The van der Waals surface area contributed by atoms with Gasteiger partial charge >= 0.3 is 0 Å². The van der Waals surface area contributed by atoms with Gasteiger partial charge in [-0.05, 0) is 33.0 Å². The average molecular weight is 250 g/mol. The Morgan fingerprint density at radius 3 is 2.33 bits per heavy atom. The molecule has 1 aliphatic carbocycles. The molecule has 18 heavy (non-hydrogen) atoms. The van der Waals surface area contributed by atoms with Gasteiger partial charge in [0.2, 0.25) is 0 Å². The molecule has 0 aliphatic heterocycles. The van der Waals surface area contributed by atoms with Gasteiger partial charge in [0.1, 0.15) is 0 Å². The van der Waals surface area contributed by atoms with Gasteiger partial charge in [-0.15, -0.1) is 0 Å². The predicted octanol–water partition coefficient (Wildman–Crippen LogP) is 2.07. The van der Waals surface area contributed by atoms with Crippen LogP contribution in [0.3, 0.4) is 0 Å². The van der Waals surface area contributed by atoms with Crippen molar-refractivity contribution in [3.63, 3.8) is 0 Å². The summed E-state index contributed by atoms with van der Waals surface area (Å²) in [7, 11) is 6.32. The Morgan fingerprint density at radius 1 is 1.28 bits per heavy atom. The molecule has 1 aromatic heterocycles. The quantitative estimate of drug-likeness (QED) is 0.835. The summed E-state index contributed by atoms with van der Waals surface area (Å²) in [6.07, 6.45) is 9.46. The average Bonchev–Trinajstić information content (AvgIpc) is 2.63. The summed E-state index contributed by atoms with van der Waals surface area (Å²) in [4.78, 5) is 2.34. The molecule has 0 amide bonds. The van der Waals surface area contributed by atoms with Crippen LogP contribution in [0.25, 0.3) is 0 Å². The highest BCUT2D eigenvalue weighted by Crippen LogP contribution is 2.39. The number of aryl methyl sites for hydroxylation is 1. The van der Waals surface area contributed by atoms with E-state index in [1.165, 1.54) is 38.5 Å². The first-order chi connectivity index (χ1) is 8.58. The zero-order chi connectivity index (χ0) is 13.2. The van der Waals surface area contributed by atoms with E-state index in [0.717, 1.165) is 5.69 Å². The maximum atomic E-state index is 6.62. The minimum Gasteiger partial charge on any atom is -0.321 e. The molecule has 0 spiro atoms. The van der Waals surface area contributed by atoms with E-state index in [1.807, 2.05) is 17.9 Å². The Balaban J connectivity index is 2.31. The summed E-state index contributed by atoms with van der Waals surface area (Å²) in [5.74, 6) is 0. The first kappa shape index (κ1) is 13.6. The lowest BCUT2D eigenvalue weighted by molar-refractivity contribution is 0.0937. The van der Waals surface area contributed by atoms with Crippen molar-refractivity contribution in [2.75, 3.05) is 14.1 Å². The van der Waals surface area contributed by atoms with Gasteiger partial charge < -0.3 is 10.6 Å². The van der Waals surface area contributed by atoms with Crippen LogP contribution in [0.15, 0.2) is 12.3 Å². The molecule has 1 aliphatic rings. The van der Waals surface area contributed by atoms with Gasteiger partial charge in [0.05, 0.1) is 11.7 Å². The van der Waals surface area contributed by atoms with Crippen molar-refractivity contribution in [2.45, 2.75) is 50.1 Å². The van der Waals surface area contributed by atoms with Crippen molar-refractivity contribution in [3.05, 3.63) is 18.0 Å². The smallest absolute Gasteiger partial charge is 0.0653 e. The molecule has 2 N–H and O–H groups in total. The Bertz CT molecular complexity index is 375. The molecule has 1 atom stereocenters. The van der Waals surface area contributed by atoms with Crippen LogP contribution in [-0.4, -0.2) is 34.3 Å². The summed E-state index contributed by atoms with van der Waals surface area (Å²) < 4.78 is 1.92. The van der Waals surface area contributed by atoms with Crippen LogP contribution in [0.4, 0.5) is 0 Å². The fraction of sp³-hybridized carbons (Fsp3) is 0.786. The number of hydrogen-bond donors (Lipinski definition) is 1. The first-order valence-electron chi connectivity index (χ1n) is 6.99. The minimum atomic E-state index is 0.0399. The van der Waals surface area contributed by atoms with E-state index in [9.17, 15) is 0 Å². The van der Waals surface area contributed by atoms with Crippen LogP contribution >= 0.6 is 0 Å². The maximum Gasteiger partial charge on any atom is 0.0653 e. The van der Waals surface area contributed by atoms with E-state index in [2.05, 4.69) is 30.2 Å². The van der Waals surface area contributed by atoms with Crippen molar-refractivity contribution in [1.29, 1.82) is 0 Å². The fourth-order valence-corrected chi connectivity index (χ4v) is 3.34. The van der Waals surface area contributed by atoms with Gasteiger partial charge in [0, 0.05) is 18.8 Å². The second kappa shape index (κ2) is 5.41. The molecule has 1 saturated carbocycles. The zero-order valence-corrected chi connectivity index (χ0v) is 11.9. The molecule has 4 nitrogen and oxygen atoms in total. The summed E-state index contributed by atoms with van der Waals surface area (Å²) in [5, 5.41) is 4.26. The zero-order valence-electron chi connectivity index (χ0n) is 11.9. The highest BCUT2D eigenvalue weighted by atomic mass is 15.3. The Labute approximate surface area is 110 Å². The largest absolute Gasteiger partial charge is 0.321 e. The van der Waals surface area contributed by atoms with Crippen LogP contribution < -0.4 is 5.73 Å². The summed E-state index contributed by atoms with van der Waals surface area (Å²) in [6, 6.07) is 2.10. The molecular weight excluding hydrogens is 224 g/mol. The lowest BCUT2D eigenvalue weighted by Crippen LogP contribution is -2.52. The molecule has 1 heterocycles. The predicted molar refractivity (Wildman–Crippen MR) is 74.3 cm³/mol. The van der Waals surface area contributed by atoms with Gasteiger partial charge in [0.15, 0.2) is 0 Å². The number of hydrogen-bond acceptors (Lipinski definition) is 3. The molecule has 0 bridgehead atoms. The molecule has 1 unspecified atom stereocenters. The lowest BCUT2D eigenvalue weighted by Gasteiger charge is -2.44. The monoisotopic (exact) mass is 250 g/mol. The van der Waals surface area contributed by atoms with E-state index >= 15 is 0 Å². The second-order valence-corrected chi connectivity index (χ2v) is 5.77. The topological polar surface area (TPSA) is 47.1 Å². The van der Waals surface area contributed by atoms with E-state index in [4.69, 9.17) is 5.73 Å². The fourth-order valence-electron chi connectivity index (χ4n) is 3.34. The molecule has 0 radical (unpaired) electrons. The molecule has 4 heteroatoms. The van der Waals surface area contributed by atoms with Crippen LogP contribution in [0.1, 0.15) is 50.3 Å². The molecule has 0 saturated heterocycles. The van der Waals surface area contributed by atoms with E-state index < -0.39 is 0 Å². The van der Waals surface area contributed by atoms with E-state index in [1.54, 1.807) is 0 Å². The number of nitrogens with two attached hydrogens (primary N) is 1. The normalized spacial score (nSPS) is 21.8. The van der Waals surface area contributed by atoms with Crippen molar-refractivity contribution in [2.24, 2.45) is 12.8 Å². The van der Waals surface area contributed by atoms with Crippen LogP contribution in [-0.2, 0) is 7.05 Å². The van der Waals surface area contributed by atoms with Gasteiger partial charge in [-0.25, -0.2) is 0 Å². The van der Waals surface area contributed by atoms with Crippen molar-refractivity contribution < 1.29 is 0 Å². The lowest BCUT2D eigenvalue weighted by atomic mass is 9.80. The Kier molecular flexibility index (Phi) is 4.07. The third-order valence-electron chi connectivity index (χ3n) is 4.62. The van der Waals surface area contributed by atoms with Crippen LogP contribution in [0.5, 0.6) is 0 Å². The Morgan fingerprint density at radius 2 is 1.89 bits per heavy atom. The third kappa shape index (κ3) is 2.31. The van der Waals surface area contributed by atoms with Crippen molar-refractivity contribution in [1.82, 2.24) is 14.7 Å². The number of aromatic nitrogens is 2. The van der Waals surface area contributed by atoms with Gasteiger partial charge in [-0.2, -0.15) is 5.10 Å². The molecule has 2 rings (SSSR count). The molecular formula is C14H26N4.